The lowest BCUT2D eigenvalue weighted by Crippen LogP contribution is -2.53. The van der Waals surface area contributed by atoms with Gasteiger partial charge in [-0.2, -0.15) is 0 Å². The van der Waals surface area contributed by atoms with Crippen molar-refractivity contribution < 1.29 is 33.2 Å². The van der Waals surface area contributed by atoms with Gasteiger partial charge in [-0.1, -0.05) is 0 Å². The molecule has 8 heteroatoms. The van der Waals surface area contributed by atoms with Crippen molar-refractivity contribution in [3.05, 3.63) is 0 Å². The van der Waals surface area contributed by atoms with Gasteiger partial charge in [0.2, 0.25) is 0 Å². The Morgan fingerprint density at radius 2 is 1.78 bits per heavy atom. The van der Waals surface area contributed by atoms with Crippen molar-refractivity contribution in [2.75, 3.05) is 13.7 Å². The minimum atomic E-state index is -1.33. The first kappa shape index (κ1) is 17.1. The number of carbonyl (C=O) groups excluding carboxylic acids is 1. The van der Waals surface area contributed by atoms with Crippen molar-refractivity contribution in [1.82, 2.24) is 0 Å². The van der Waals surface area contributed by atoms with E-state index >= 15 is 0 Å². The van der Waals surface area contributed by atoms with Crippen LogP contribution >= 0.6 is 0 Å². The van der Waals surface area contributed by atoms with E-state index in [0.717, 1.165) is 0 Å². The SMILES string of the molecule is COC(=O)CC1(N)O[C@@H]([C@H]2COC(C)(C)O2)[C@H]2OC(C)(C)O[C@H]21. The average Bonchev–Trinajstić information content (AvgIpc) is 3.02. The highest BCUT2D eigenvalue weighted by atomic mass is 16.8. The Labute approximate surface area is 135 Å². The minimum Gasteiger partial charge on any atom is -0.469 e. The molecule has 3 saturated heterocycles. The fraction of sp³-hybridized carbons (Fsp3) is 0.933. The maximum Gasteiger partial charge on any atom is 0.309 e. The van der Waals surface area contributed by atoms with Gasteiger partial charge in [0.1, 0.15) is 24.4 Å². The molecule has 3 aliphatic heterocycles. The number of hydrogen-bond acceptors (Lipinski definition) is 8. The number of hydrogen-bond donors (Lipinski definition) is 1. The van der Waals surface area contributed by atoms with Crippen LogP contribution in [0.15, 0.2) is 0 Å². The van der Waals surface area contributed by atoms with Crippen LogP contribution in [-0.4, -0.2) is 61.4 Å². The van der Waals surface area contributed by atoms with Crippen LogP contribution in [0.5, 0.6) is 0 Å². The molecule has 5 atom stereocenters. The third-order valence-corrected chi connectivity index (χ3v) is 4.34. The van der Waals surface area contributed by atoms with Crippen molar-refractivity contribution in [2.45, 2.75) is 75.8 Å². The normalized spacial score (nSPS) is 44.3. The molecule has 2 N–H and O–H groups in total. The zero-order valence-electron chi connectivity index (χ0n) is 14.2. The molecule has 132 valence electrons. The van der Waals surface area contributed by atoms with Crippen LogP contribution in [0.2, 0.25) is 0 Å². The minimum absolute atomic E-state index is 0.127. The molecule has 0 saturated carbocycles. The van der Waals surface area contributed by atoms with E-state index in [0.29, 0.717) is 6.61 Å². The van der Waals surface area contributed by atoms with Crippen molar-refractivity contribution in [3.8, 4) is 0 Å². The summed E-state index contributed by atoms with van der Waals surface area (Å²) >= 11 is 0. The Morgan fingerprint density at radius 3 is 2.35 bits per heavy atom. The van der Waals surface area contributed by atoms with E-state index < -0.39 is 41.6 Å². The van der Waals surface area contributed by atoms with E-state index in [-0.39, 0.29) is 12.5 Å². The predicted molar refractivity (Wildman–Crippen MR) is 77.2 cm³/mol. The van der Waals surface area contributed by atoms with E-state index in [4.69, 9.17) is 34.2 Å². The van der Waals surface area contributed by atoms with Gasteiger partial charge in [0.15, 0.2) is 17.3 Å². The summed E-state index contributed by atoms with van der Waals surface area (Å²) in [5, 5.41) is 0. The lowest BCUT2D eigenvalue weighted by Gasteiger charge is -2.31. The fourth-order valence-electron chi connectivity index (χ4n) is 3.40. The topological polar surface area (TPSA) is 98.5 Å². The smallest absolute Gasteiger partial charge is 0.309 e. The monoisotopic (exact) mass is 331 g/mol. The summed E-state index contributed by atoms with van der Waals surface area (Å²) in [4.78, 5) is 11.7. The number of esters is 1. The number of rotatable bonds is 3. The molecule has 0 aromatic heterocycles. The number of fused-ring (bicyclic) bond motifs is 1. The molecule has 0 aromatic rings. The third kappa shape index (κ3) is 3.11. The van der Waals surface area contributed by atoms with Gasteiger partial charge in [-0.25, -0.2) is 0 Å². The molecule has 3 aliphatic rings. The number of nitrogens with two attached hydrogens (primary N) is 1. The standard InChI is InChI=1S/C15H25NO7/c1-13(2)19-7-8(20-13)10-11-12(23-14(3,4)21-11)15(16,22-10)6-9(17)18-5/h8,10-12H,6-7,16H2,1-5H3/t8-,10+,11-,12-,15?/m1/s1. The lowest BCUT2D eigenvalue weighted by molar-refractivity contribution is -0.228. The molecule has 0 bridgehead atoms. The maximum absolute atomic E-state index is 11.7. The summed E-state index contributed by atoms with van der Waals surface area (Å²) in [5.41, 5.74) is 5.02. The molecular formula is C15H25NO7. The molecule has 3 heterocycles. The second kappa shape index (κ2) is 5.37. The molecule has 3 fully saturated rings. The lowest BCUT2D eigenvalue weighted by atomic mass is 9.99. The van der Waals surface area contributed by atoms with Crippen LogP contribution in [0.3, 0.4) is 0 Å². The van der Waals surface area contributed by atoms with Gasteiger partial charge >= 0.3 is 5.97 Å². The Kier molecular flexibility index (Phi) is 3.98. The van der Waals surface area contributed by atoms with Gasteiger partial charge < -0.3 is 34.2 Å². The molecule has 0 amide bonds. The van der Waals surface area contributed by atoms with Gasteiger partial charge in [-0.15, -0.1) is 0 Å². The molecule has 0 radical (unpaired) electrons. The van der Waals surface area contributed by atoms with Gasteiger partial charge in [0.25, 0.3) is 0 Å². The molecule has 23 heavy (non-hydrogen) atoms. The zero-order valence-corrected chi connectivity index (χ0v) is 14.2. The Hall–Kier alpha value is -0.770. The first-order valence-electron chi connectivity index (χ1n) is 7.76. The Bertz CT molecular complexity index is 494. The van der Waals surface area contributed by atoms with Gasteiger partial charge in [-0.05, 0) is 27.7 Å². The summed E-state index contributed by atoms with van der Waals surface area (Å²) < 4.78 is 34.0. The van der Waals surface area contributed by atoms with Gasteiger partial charge in [0.05, 0.1) is 20.1 Å². The highest BCUT2D eigenvalue weighted by Crippen LogP contribution is 2.46. The summed E-state index contributed by atoms with van der Waals surface area (Å²) in [6, 6.07) is 0. The van der Waals surface area contributed by atoms with E-state index in [2.05, 4.69) is 0 Å². The van der Waals surface area contributed by atoms with Crippen molar-refractivity contribution in [3.63, 3.8) is 0 Å². The number of methoxy groups -OCH3 is 1. The van der Waals surface area contributed by atoms with Crippen LogP contribution in [-0.2, 0) is 33.2 Å². The summed E-state index contributed by atoms with van der Waals surface area (Å²) in [6.45, 7) is 7.63. The van der Waals surface area contributed by atoms with Crippen LogP contribution < -0.4 is 5.73 Å². The van der Waals surface area contributed by atoms with Crippen LogP contribution in [0.1, 0.15) is 34.1 Å². The molecular weight excluding hydrogens is 306 g/mol. The summed E-state index contributed by atoms with van der Waals surface area (Å²) in [7, 11) is 1.31. The van der Waals surface area contributed by atoms with Crippen LogP contribution in [0.25, 0.3) is 0 Å². The van der Waals surface area contributed by atoms with E-state index in [1.54, 1.807) is 13.8 Å². The largest absolute Gasteiger partial charge is 0.469 e. The molecule has 3 rings (SSSR count). The zero-order chi connectivity index (χ0) is 17.0. The van der Waals surface area contributed by atoms with Crippen LogP contribution in [0.4, 0.5) is 0 Å². The fourth-order valence-corrected chi connectivity index (χ4v) is 3.40. The van der Waals surface area contributed by atoms with Gasteiger partial charge in [0, 0.05) is 0 Å². The summed E-state index contributed by atoms with van der Waals surface area (Å²) in [5.74, 6) is -1.97. The highest BCUT2D eigenvalue weighted by Gasteiger charge is 2.64. The first-order chi connectivity index (χ1) is 10.6. The maximum atomic E-state index is 11.7. The van der Waals surface area contributed by atoms with Crippen molar-refractivity contribution in [1.29, 1.82) is 0 Å². The molecule has 0 aromatic carbocycles. The third-order valence-electron chi connectivity index (χ3n) is 4.34. The Morgan fingerprint density at radius 1 is 1.09 bits per heavy atom. The second-order valence-electron chi connectivity index (χ2n) is 7.18. The average molecular weight is 331 g/mol. The first-order valence-corrected chi connectivity index (χ1v) is 7.76. The summed E-state index contributed by atoms with van der Waals surface area (Å²) in [6.07, 6.45) is -2.00. The highest BCUT2D eigenvalue weighted by molar-refractivity contribution is 5.70. The molecule has 8 nitrogen and oxygen atoms in total. The quantitative estimate of drug-likeness (QED) is 0.736. The van der Waals surface area contributed by atoms with E-state index in [9.17, 15) is 4.79 Å². The number of carbonyl (C=O) groups is 1. The predicted octanol–water partition coefficient (Wildman–Crippen LogP) is 0.275. The molecule has 0 spiro atoms. The van der Waals surface area contributed by atoms with Crippen molar-refractivity contribution >= 4 is 5.97 Å². The van der Waals surface area contributed by atoms with E-state index in [1.807, 2.05) is 13.8 Å². The van der Waals surface area contributed by atoms with Crippen LogP contribution in [0, 0.1) is 0 Å². The van der Waals surface area contributed by atoms with Gasteiger partial charge in [-0.3, -0.25) is 4.79 Å². The Balaban J connectivity index is 1.83. The second-order valence-corrected chi connectivity index (χ2v) is 7.18. The molecule has 0 aliphatic carbocycles. The van der Waals surface area contributed by atoms with E-state index in [1.165, 1.54) is 7.11 Å². The van der Waals surface area contributed by atoms with Crippen molar-refractivity contribution in [2.24, 2.45) is 5.73 Å². The molecule has 1 unspecified atom stereocenters. The number of ether oxygens (including phenoxy) is 6.